The SMILES string of the molecule is CCCCOc1ccc(C(=O)Nc2ccc(Nc3nc(Cl)nc(Cl)n3)cc2OCCCC)c(OCCCC)c1. The molecule has 0 radical (unpaired) electrons. The van der Waals surface area contributed by atoms with E-state index in [1.165, 1.54) is 0 Å². The largest absolute Gasteiger partial charge is 0.493 e. The topological polar surface area (TPSA) is 107 Å². The lowest BCUT2D eigenvalue weighted by Crippen LogP contribution is -2.15. The summed E-state index contributed by atoms with van der Waals surface area (Å²) in [7, 11) is 0. The predicted molar refractivity (Wildman–Crippen MR) is 155 cm³/mol. The first kappa shape index (κ1) is 30.2. The Morgan fingerprint density at radius 3 is 2.03 bits per heavy atom. The summed E-state index contributed by atoms with van der Waals surface area (Å²) < 4.78 is 17.8. The van der Waals surface area contributed by atoms with E-state index in [2.05, 4.69) is 46.4 Å². The highest BCUT2D eigenvalue weighted by Gasteiger charge is 2.17. The fourth-order valence-electron chi connectivity index (χ4n) is 3.41. The van der Waals surface area contributed by atoms with E-state index >= 15 is 0 Å². The second-order valence-electron chi connectivity index (χ2n) is 8.75. The zero-order chi connectivity index (χ0) is 28.0. The van der Waals surface area contributed by atoms with Crippen LogP contribution in [0.3, 0.4) is 0 Å². The molecule has 210 valence electrons. The average Bonchev–Trinajstić information content (AvgIpc) is 2.90. The molecule has 3 rings (SSSR count). The second kappa shape index (κ2) is 16.0. The smallest absolute Gasteiger partial charge is 0.259 e. The monoisotopic (exact) mass is 575 g/mol. The lowest BCUT2D eigenvalue weighted by molar-refractivity contribution is 0.102. The van der Waals surface area contributed by atoms with Gasteiger partial charge in [-0.2, -0.15) is 15.0 Å². The number of rotatable bonds is 16. The summed E-state index contributed by atoms with van der Waals surface area (Å²) in [5.74, 6) is 1.50. The van der Waals surface area contributed by atoms with E-state index in [-0.39, 0.29) is 22.4 Å². The van der Waals surface area contributed by atoms with Crippen molar-refractivity contribution in [1.29, 1.82) is 0 Å². The first-order valence-corrected chi connectivity index (χ1v) is 14.0. The van der Waals surface area contributed by atoms with Crippen molar-refractivity contribution in [2.75, 3.05) is 30.5 Å². The molecule has 0 saturated carbocycles. The molecule has 1 heterocycles. The van der Waals surface area contributed by atoms with Gasteiger partial charge in [0, 0.05) is 17.8 Å². The van der Waals surface area contributed by atoms with Crippen LogP contribution in [0.1, 0.15) is 69.7 Å². The van der Waals surface area contributed by atoms with Crippen LogP contribution in [-0.2, 0) is 0 Å². The summed E-state index contributed by atoms with van der Waals surface area (Å²) in [5, 5.41) is 5.95. The molecule has 0 fully saturated rings. The first-order valence-electron chi connectivity index (χ1n) is 13.2. The summed E-state index contributed by atoms with van der Waals surface area (Å²) in [6, 6.07) is 10.5. The molecular formula is C28H35Cl2N5O4. The van der Waals surface area contributed by atoms with Crippen LogP contribution in [0.2, 0.25) is 10.6 Å². The van der Waals surface area contributed by atoms with E-state index in [9.17, 15) is 4.79 Å². The van der Waals surface area contributed by atoms with Gasteiger partial charge in [0.2, 0.25) is 16.5 Å². The van der Waals surface area contributed by atoms with Gasteiger partial charge in [-0.25, -0.2) is 0 Å². The number of nitrogens with zero attached hydrogens (tertiary/aromatic N) is 3. The van der Waals surface area contributed by atoms with Crippen LogP contribution in [0.25, 0.3) is 0 Å². The molecule has 9 nitrogen and oxygen atoms in total. The molecule has 39 heavy (non-hydrogen) atoms. The Balaban J connectivity index is 1.84. The van der Waals surface area contributed by atoms with Gasteiger partial charge >= 0.3 is 0 Å². The van der Waals surface area contributed by atoms with Gasteiger partial charge in [0.1, 0.15) is 17.2 Å². The number of amides is 1. The molecule has 2 N–H and O–H groups in total. The third-order valence-electron chi connectivity index (χ3n) is 5.54. The molecule has 0 aliphatic carbocycles. The van der Waals surface area contributed by atoms with Crippen LogP contribution < -0.4 is 24.8 Å². The Morgan fingerprint density at radius 1 is 0.769 bits per heavy atom. The Kier molecular flexibility index (Phi) is 12.4. The van der Waals surface area contributed by atoms with Crippen molar-refractivity contribution in [3.8, 4) is 17.2 Å². The molecule has 0 aliphatic rings. The third-order valence-corrected chi connectivity index (χ3v) is 5.88. The molecule has 0 unspecified atom stereocenters. The normalized spacial score (nSPS) is 10.7. The Hall–Kier alpha value is -3.30. The van der Waals surface area contributed by atoms with E-state index in [0.717, 1.165) is 38.5 Å². The van der Waals surface area contributed by atoms with E-state index in [0.29, 0.717) is 54.0 Å². The van der Waals surface area contributed by atoms with Gasteiger partial charge in [-0.1, -0.05) is 40.0 Å². The minimum atomic E-state index is -0.321. The molecular weight excluding hydrogens is 541 g/mol. The fourth-order valence-corrected chi connectivity index (χ4v) is 3.77. The van der Waals surface area contributed by atoms with Crippen LogP contribution in [-0.4, -0.2) is 40.7 Å². The van der Waals surface area contributed by atoms with Gasteiger partial charge < -0.3 is 24.8 Å². The van der Waals surface area contributed by atoms with Crippen molar-refractivity contribution in [3.05, 3.63) is 52.5 Å². The van der Waals surface area contributed by atoms with Crippen LogP contribution in [0.4, 0.5) is 17.3 Å². The predicted octanol–water partition coefficient (Wildman–Crippen LogP) is 7.71. The standard InChI is InChI=1S/C28H35Cl2N5O4/c1-4-7-14-37-20-11-12-21(23(18-20)38-15-8-5-2)25(36)32-22-13-10-19(17-24(22)39-16-9-6-3)31-28-34-26(29)33-27(30)35-28/h10-13,17-18H,4-9,14-16H2,1-3H3,(H,32,36)(H,31,33,34,35). The number of carbonyl (C=O) groups excluding carboxylic acids is 1. The maximum absolute atomic E-state index is 13.4. The number of anilines is 3. The molecule has 0 bridgehead atoms. The summed E-state index contributed by atoms with van der Waals surface area (Å²) >= 11 is 11.8. The minimum Gasteiger partial charge on any atom is -0.493 e. The van der Waals surface area contributed by atoms with E-state index < -0.39 is 0 Å². The Bertz CT molecular complexity index is 1210. The Morgan fingerprint density at radius 2 is 1.38 bits per heavy atom. The lowest BCUT2D eigenvalue weighted by Gasteiger charge is -2.17. The number of nitrogens with one attached hydrogen (secondary N) is 2. The molecule has 0 saturated heterocycles. The van der Waals surface area contributed by atoms with Crippen LogP contribution >= 0.6 is 23.2 Å². The number of hydrogen-bond donors (Lipinski definition) is 2. The molecule has 3 aromatic rings. The molecule has 0 aliphatic heterocycles. The quantitative estimate of drug-likeness (QED) is 0.167. The number of benzene rings is 2. The number of ether oxygens (including phenoxy) is 3. The average molecular weight is 577 g/mol. The first-order chi connectivity index (χ1) is 18.9. The Labute approximate surface area is 239 Å². The molecule has 2 aromatic carbocycles. The third kappa shape index (κ3) is 9.75. The van der Waals surface area contributed by atoms with Crippen LogP contribution in [0.15, 0.2) is 36.4 Å². The molecule has 0 atom stereocenters. The number of carbonyl (C=O) groups is 1. The van der Waals surface area contributed by atoms with E-state index in [4.69, 9.17) is 37.4 Å². The maximum Gasteiger partial charge on any atom is 0.259 e. The highest BCUT2D eigenvalue weighted by molar-refractivity contribution is 6.31. The van der Waals surface area contributed by atoms with Crippen molar-refractivity contribution < 1.29 is 19.0 Å². The van der Waals surface area contributed by atoms with Crippen molar-refractivity contribution >= 4 is 46.4 Å². The zero-order valence-corrected chi connectivity index (χ0v) is 24.1. The van der Waals surface area contributed by atoms with Gasteiger partial charge in [0.25, 0.3) is 5.91 Å². The summed E-state index contributed by atoms with van der Waals surface area (Å²) in [6.45, 7) is 7.88. The number of aromatic nitrogens is 3. The molecule has 1 aromatic heterocycles. The van der Waals surface area contributed by atoms with E-state index in [1.807, 2.05) is 0 Å². The summed E-state index contributed by atoms with van der Waals surface area (Å²) in [4.78, 5) is 25.2. The molecule has 0 spiro atoms. The summed E-state index contributed by atoms with van der Waals surface area (Å²) in [5.41, 5.74) is 1.54. The van der Waals surface area contributed by atoms with Gasteiger partial charge in [-0.05, 0) is 66.7 Å². The van der Waals surface area contributed by atoms with Gasteiger partial charge in [-0.15, -0.1) is 0 Å². The highest BCUT2D eigenvalue weighted by Crippen LogP contribution is 2.32. The van der Waals surface area contributed by atoms with Crippen LogP contribution in [0.5, 0.6) is 17.2 Å². The van der Waals surface area contributed by atoms with Crippen LogP contribution in [0, 0.1) is 0 Å². The number of halogens is 2. The zero-order valence-electron chi connectivity index (χ0n) is 22.6. The van der Waals surface area contributed by atoms with Crippen molar-refractivity contribution in [2.45, 2.75) is 59.3 Å². The molecule has 1 amide bonds. The van der Waals surface area contributed by atoms with Gasteiger partial charge in [0.05, 0.1) is 31.1 Å². The van der Waals surface area contributed by atoms with Gasteiger partial charge in [0.15, 0.2) is 0 Å². The number of unbranched alkanes of at least 4 members (excludes halogenated alkanes) is 3. The fraction of sp³-hybridized carbons (Fsp3) is 0.429. The van der Waals surface area contributed by atoms with Crippen molar-refractivity contribution in [3.63, 3.8) is 0 Å². The van der Waals surface area contributed by atoms with E-state index in [1.54, 1.807) is 36.4 Å². The number of hydrogen-bond acceptors (Lipinski definition) is 8. The summed E-state index contributed by atoms with van der Waals surface area (Å²) in [6.07, 6.45) is 5.67. The maximum atomic E-state index is 13.4. The highest BCUT2D eigenvalue weighted by atomic mass is 35.5. The van der Waals surface area contributed by atoms with Crippen molar-refractivity contribution in [1.82, 2.24) is 15.0 Å². The second-order valence-corrected chi connectivity index (χ2v) is 9.43. The van der Waals surface area contributed by atoms with Crippen molar-refractivity contribution in [2.24, 2.45) is 0 Å². The molecule has 11 heteroatoms. The minimum absolute atomic E-state index is 0.0282. The van der Waals surface area contributed by atoms with Gasteiger partial charge in [-0.3, -0.25) is 4.79 Å². The lowest BCUT2D eigenvalue weighted by atomic mass is 10.1.